The Morgan fingerprint density at radius 3 is 2.26 bits per heavy atom. The van der Waals surface area contributed by atoms with Crippen molar-refractivity contribution in [2.45, 2.75) is 51.9 Å². The standard InChI is InChI=1S/C30H32O6S2/c1-18-19-8-11-30(25(18)32)23(14-19)29(17-36-27(34)21-7-4-13-38-21)10-5-9-28(2,22(29)15-24(30)31)16-35-26(33)20-6-3-12-37-20/h3-4,6-7,12-13,19,22-23H,1,5,8-11,14-17H2,2H3/t19-,22?,23?,28-,29-,30?/m0/s1. The SMILES string of the molecule is C=C1C(=O)C23CC[C@H]1CC2[C@]1(COC(=O)c2cccs2)CCC[C@@](C)(COC(=O)c2cccs2)C1CC3=O. The number of allylic oxidation sites excluding steroid dienone is 1. The Hall–Kier alpha value is -2.58. The third kappa shape index (κ3) is 3.70. The first-order chi connectivity index (χ1) is 18.2. The second kappa shape index (κ2) is 9.26. The van der Waals surface area contributed by atoms with Crippen LogP contribution in [-0.2, 0) is 19.1 Å². The monoisotopic (exact) mass is 552 g/mol. The smallest absolute Gasteiger partial charge is 0.348 e. The van der Waals surface area contributed by atoms with E-state index in [-0.39, 0.29) is 60.9 Å². The maximum Gasteiger partial charge on any atom is 0.348 e. The summed E-state index contributed by atoms with van der Waals surface area (Å²) >= 11 is 2.68. The first kappa shape index (κ1) is 25.7. The number of rotatable bonds is 6. The fraction of sp³-hybridized carbons (Fsp3) is 0.533. The van der Waals surface area contributed by atoms with Gasteiger partial charge in [0.2, 0.25) is 0 Å². The van der Waals surface area contributed by atoms with E-state index in [4.69, 9.17) is 9.47 Å². The van der Waals surface area contributed by atoms with Gasteiger partial charge >= 0.3 is 11.9 Å². The van der Waals surface area contributed by atoms with Crippen LogP contribution in [0.5, 0.6) is 0 Å². The normalized spacial score (nSPS) is 35.9. The van der Waals surface area contributed by atoms with Gasteiger partial charge in [0.1, 0.15) is 15.5 Å². The molecule has 5 saturated carbocycles. The van der Waals surface area contributed by atoms with Crippen LogP contribution < -0.4 is 0 Å². The molecular weight excluding hydrogens is 520 g/mol. The number of esters is 2. The van der Waals surface area contributed by atoms with Crippen LogP contribution in [0.3, 0.4) is 0 Å². The minimum atomic E-state index is -1.07. The van der Waals surface area contributed by atoms with Crippen LogP contribution in [0.25, 0.3) is 0 Å². The maximum absolute atomic E-state index is 14.0. The number of Topliss-reactive ketones (excluding diaryl/α,β-unsaturated/α-hetero) is 2. The van der Waals surface area contributed by atoms with Crippen LogP contribution >= 0.6 is 22.7 Å². The molecule has 3 unspecified atom stereocenters. The molecular formula is C30H32O6S2. The van der Waals surface area contributed by atoms with Crippen molar-refractivity contribution in [1.82, 2.24) is 0 Å². The molecule has 5 aliphatic carbocycles. The van der Waals surface area contributed by atoms with Crippen molar-refractivity contribution in [3.8, 4) is 0 Å². The summed E-state index contributed by atoms with van der Waals surface area (Å²) in [4.78, 5) is 54.6. The van der Waals surface area contributed by atoms with Gasteiger partial charge in [-0.05, 0) is 78.3 Å². The predicted octanol–water partition coefficient (Wildman–Crippen LogP) is 6.13. The molecule has 0 amide bonds. The number of ether oxygens (including phenoxy) is 2. The van der Waals surface area contributed by atoms with Gasteiger partial charge in [-0.3, -0.25) is 9.59 Å². The van der Waals surface area contributed by atoms with Crippen molar-refractivity contribution < 1.29 is 28.7 Å². The first-order valence-corrected chi connectivity index (χ1v) is 15.2. The molecule has 38 heavy (non-hydrogen) atoms. The molecule has 8 heteroatoms. The second-order valence-electron chi connectivity index (χ2n) is 11.9. The third-order valence-corrected chi connectivity index (χ3v) is 11.8. The molecule has 2 heterocycles. The van der Waals surface area contributed by atoms with Gasteiger partial charge in [0, 0.05) is 17.3 Å². The summed E-state index contributed by atoms with van der Waals surface area (Å²) in [6, 6.07) is 7.13. The Labute approximate surface area is 230 Å². The second-order valence-corrected chi connectivity index (χ2v) is 13.8. The molecule has 0 aliphatic heterocycles. The van der Waals surface area contributed by atoms with E-state index < -0.39 is 16.2 Å². The predicted molar refractivity (Wildman–Crippen MR) is 144 cm³/mol. The van der Waals surface area contributed by atoms with E-state index in [0.29, 0.717) is 28.2 Å². The summed E-state index contributed by atoms with van der Waals surface area (Å²) in [6.07, 6.45) is 4.72. The van der Waals surface area contributed by atoms with E-state index in [1.165, 1.54) is 22.7 Å². The van der Waals surface area contributed by atoms with E-state index in [1.54, 1.807) is 12.1 Å². The number of hydrogen-bond donors (Lipinski definition) is 0. The summed E-state index contributed by atoms with van der Waals surface area (Å²) < 4.78 is 11.9. The highest BCUT2D eigenvalue weighted by Crippen LogP contribution is 2.70. The number of carbonyl (C=O) groups is 4. The molecule has 5 aliphatic rings. The van der Waals surface area contributed by atoms with Gasteiger partial charge in [-0.1, -0.05) is 32.1 Å². The molecule has 200 valence electrons. The van der Waals surface area contributed by atoms with Gasteiger partial charge in [0.25, 0.3) is 0 Å². The van der Waals surface area contributed by atoms with Gasteiger partial charge in [-0.2, -0.15) is 0 Å². The minimum absolute atomic E-state index is 0.00489. The van der Waals surface area contributed by atoms with E-state index in [2.05, 4.69) is 13.5 Å². The van der Waals surface area contributed by atoms with Crippen molar-refractivity contribution in [2.24, 2.45) is 34.0 Å². The molecule has 0 radical (unpaired) electrons. The highest BCUT2D eigenvalue weighted by Gasteiger charge is 2.72. The summed E-state index contributed by atoms with van der Waals surface area (Å²) in [5, 5.41) is 3.68. The number of fused-ring (bicyclic) bond motifs is 3. The molecule has 1 spiro atoms. The summed E-state index contributed by atoms with van der Waals surface area (Å²) in [7, 11) is 0. The topological polar surface area (TPSA) is 86.7 Å². The lowest BCUT2D eigenvalue weighted by atomic mass is 9.36. The van der Waals surface area contributed by atoms with Gasteiger partial charge in [0.05, 0.1) is 18.6 Å². The fourth-order valence-corrected chi connectivity index (χ4v) is 9.56. The average Bonchev–Trinajstić information content (AvgIpc) is 3.65. The Balaban J connectivity index is 1.36. The Morgan fingerprint density at radius 2 is 1.63 bits per heavy atom. The number of thiophene rings is 2. The van der Waals surface area contributed by atoms with Crippen molar-refractivity contribution in [1.29, 1.82) is 0 Å². The van der Waals surface area contributed by atoms with Crippen LogP contribution in [0.1, 0.15) is 71.2 Å². The van der Waals surface area contributed by atoms with Gasteiger partial charge in [-0.25, -0.2) is 9.59 Å². The van der Waals surface area contributed by atoms with Gasteiger partial charge < -0.3 is 9.47 Å². The molecule has 6 atom stereocenters. The molecule has 0 aromatic carbocycles. The van der Waals surface area contributed by atoms with E-state index >= 15 is 0 Å². The summed E-state index contributed by atoms with van der Waals surface area (Å²) in [5.74, 6) is -1.13. The third-order valence-electron chi connectivity index (χ3n) is 10.1. The maximum atomic E-state index is 14.0. The van der Waals surface area contributed by atoms with Gasteiger partial charge in [0.15, 0.2) is 5.78 Å². The Kier molecular flexibility index (Phi) is 6.26. The number of hydrogen-bond acceptors (Lipinski definition) is 8. The quantitative estimate of drug-likeness (QED) is 0.243. The molecule has 2 aromatic heterocycles. The summed E-state index contributed by atoms with van der Waals surface area (Å²) in [6.45, 7) is 6.54. The van der Waals surface area contributed by atoms with Crippen LogP contribution in [0.4, 0.5) is 0 Å². The van der Waals surface area contributed by atoms with Gasteiger partial charge in [-0.15, -0.1) is 22.7 Å². The fourth-order valence-electron chi connectivity index (χ4n) is 8.33. The molecule has 7 rings (SSSR count). The van der Waals surface area contributed by atoms with Crippen molar-refractivity contribution >= 4 is 46.2 Å². The highest BCUT2D eigenvalue weighted by atomic mass is 32.1. The van der Waals surface area contributed by atoms with Crippen molar-refractivity contribution in [2.75, 3.05) is 13.2 Å². The lowest BCUT2D eigenvalue weighted by Gasteiger charge is -2.66. The molecule has 2 aromatic rings. The Bertz CT molecular complexity index is 1300. The van der Waals surface area contributed by atoms with Crippen LogP contribution in [0.15, 0.2) is 47.2 Å². The van der Waals surface area contributed by atoms with Crippen molar-refractivity contribution in [3.63, 3.8) is 0 Å². The largest absolute Gasteiger partial charge is 0.461 e. The lowest BCUT2D eigenvalue weighted by Crippen LogP contribution is -2.69. The Morgan fingerprint density at radius 1 is 0.974 bits per heavy atom. The zero-order chi connectivity index (χ0) is 26.7. The van der Waals surface area contributed by atoms with Crippen LogP contribution in [-0.4, -0.2) is 36.7 Å². The highest BCUT2D eigenvalue weighted by molar-refractivity contribution is 7.12. The molecule has 6 nitrogen and oxygen atoms in total. The van der Waals surface area contributed by atoms with E-state index in [9.17, 15) is 19.2 Å². The molecule has 0 saturated heterocycles. The number of ketones is 2. The molecule has 2 bridgehead atoms. The van der Waals surface area contributed by atoms with Crippen LogP contribution in [0.2, 0.25) is 0 Å². The number of carbonyl (C=O) groups excluding carboxylic acids is 4. The molecule has 0 N–H and O–H groups in total. The lowest BCUT2D eigenvalue weighted by molar-refractivity contribution is -0.200. The van der Waals surface area contributed by atoms with Crippen molar-refractivity contribution in [3.05, 3.63) is 56.9 Å². The zero-order valence-corrected chi connectivity index (χ0v) is 23.2. The van der Waals surface area contributed by atoms with E-state index in [1.807, 2.05) is 22.9 Å². The minimum Gasteiger partial charge on any atom is -0.461 e. The average molecular weight is 553 g/mol. The zero-order valence-electron chi connectivity index (χ0n) is 21.5. The van der Waals surface area contributed by atoms with E-state index in [0.717, 1.165) is 25.7 Å². The summed E-state index contributed by atoms with van der Waals surface area (Å²) in [5.41, 5.74) is -1.50. The van der Waals surface area contributed by atoms with Crippen LogP contribution in [0, 0.1) is 34.0 Å². The first-order valence-electron chi connectivity index (χ1n) is 13.4. The molecule has 5 fully saturated rings.